The first-order chi connectivity index (χ1) is 8.99. The number of carbonyl (C=O) groups is 1. The Bertz CT molecular complexity index is 624. The zero-order valence-electron chi connectivity index (χ0n) is 11.1. The molecule has 5 heteroatoms. The molecule has 0 spiro atoms. The number of pyridine rings is 1. The quantitative estimate of drug-likeness (QED) is 0.936. The van der Waals surface area contributed by atoms with E-state index < -0.39 is 0 Å². The smallest absolute Gasteiger partial charge is 0.255 e. The SMILES string of the molecule is Cc1ccc(C(C)N(C)C(=O)c2ccc(=O)[nH]c2)s1. The van der Waals surface area contributed by atoms with Crippen LogP contribution in [0, 0.1) is 6.92 Å². The van der Waals surface area contributed by atoms with Crippen LogP contribution in [0.3, 0.4) is 0 Å². The summed E-state index contributed by atoms with van der Waals surface area (Å²) >= 11 is 1.69. The van der Waals surface area contributed by atoms with E-state index in [0.717, 1.165) is 4.88 Å². The summed E-state index contributed by atoms with van der Waals surface area (Å²) in [6, 6.07) is 7.01. The summed E-state index contributed by atoms with van der Waals surface area (Å²) in [5.74, 6) is -0.102. The van der Waals surface area contributed by atoms with Gasteiger partial charge in [-0.15, -0.1) is 11.3 Å². The van der Waals surface area contributed by atoms with Gasteiger partial charge >= 0.3 is 0 Å². The summed E-state index contributed by atoms with van der Waals surface area (Å²) < 4.78 is 0. The van der Waals surface area contributed by atoms with E-state index in [-0.39, 0.29) is 17.5 Å². The number of amides is 1. The minimum atomic E-state index is -0.207. The highest BCUT2D eigenvalue weighted by Gasteiger charge is 2.19. The Balaban J connectivity index is 2.19. The summed E-state index contributed by atoms with van der Waals surface area (Å²) in [5.41, 5.74) is 0.281. The topological polar surface area (TPSA) is 53.2 Å². The van der Waals surface area contributed by atoms with E-state index in [1.165, 1.54) is 17.1 Å². The largest absolute Gasteiger partial charge is 0.334 e. The number of hydrogen-bond donors (Lipinski definition) is 1. The molecule has 1 atom stereocenters. The maximum absolute atomic E-state index is 12.3. The Hall–Kier alpha value is -1.88. The molecule has 0 aromatic carbocycles. The lowest BCUT2D eigenvalue weighted by atomic mass is 10.2. The lowest BCUT2D eigenvalue weighted by Crippen LogP contribution is -2.29. The minimum Gasteiger partial charge on any atom is -0.334 e. The van der Waals surface area contributed by atoms with Crippen LogP contribution in [0.4, 0.5) is 0 Å². The molecule has 1 amide bonds. The first-order valence-corrected chi connectivity index (χ1v) is 6.83. The van der Waals surface area contributed by atoms with Crippen LogP contribution in [0.2, 0.25) is 0 Å². The van der Waals surface area contributed by atoms with Crippen molar-refractivity contribution in [3.05, 3.63) is 56.1 Å². The third kappa shape index (κ3) is 2.93. The van der Waals surface area contributed by atoms with E-state index in [0.29, 0.717) is 5.56 Å². The number of nitrogens with zero attached hydrogens (tertiary/aromatic N) is 1. The fraction of sp³-hybridized carbons (Fsp3) is 0.286. The molecule has 19 heavy (non-hydrogen) atoms. The fourth-order valence-corrected chi connectivity index (χ4v) is 2.76. The number of nitrogens with one attached hydrogen (secondary N) is 1. The number of hydrogen-bond acceptors (Lipinski definition) is 3. The maximum Gasteiger partial charge on any atom is 0.255 e. The second-order valence-corrected chi connectivity index (χ2v) is 5.80. The molecule has 0 fully saturated rings. The van der Waals surface area contributed by atoms with Gasteiger partial charge in [-0.25, -0.2) is 0 Å². The average molecular weight is 276 g/mol. The number of rotatable bonds is 3. The number of aromatic nitrogens is 1. The molecule has 0 aliphatic heterocycles. The molecule has 0 aliphatic rings. The van der Waals surface area contributed by atoms with Crippen LogP contribution in [0.15, 0.2) is 35.3 Å². The van der Waals surface area contributed by atoms with Gasteiger partial charge < -0.3 is 9.88 Å². The third-order valence-corrected chi connectivity index (χ3v) is 4.28. The predicted molar refractivity (Wildman–Crippen MR) is 76.6 cm³/mol. The van der Waals surface area contributed by atoms with Gasteiger partial charge in [0.15, 0.2) is 0 Å². The van der Waals surface area contributed by atoms with Gasteiger partial charge in [-0.05, 0) is 32.0 Å². The van der Waals surface area contributed by atoms with Crippen molar-refractivity contribution in [2.24, 2.45) is 0 Å². The van der Waals surface area contributed by atoms with E-state index in [4.69, 9.17) is 0 Å². The summed E-state index contributed by atoms with van der Waals surface area (Å²) in [6.45, 7) is 4.04. The Labute approximate surface area is 115 Å². The Morgan fingerprint density at radius 1 is 1.32 bits per heavy atom. The Morgan fingerprint density at radius 2 is 2.05 bits per heavy atom. The highest BCUT2D eigenvalue weighted by molar-refractivity contribution is 7.12. The summed E-state index contributed by atoms with van der Waals surface area (Å²) in [4.78, 5) is 29.9. The second-order valence-electron chi connectivity index (χ2n) is 4.48. The van der Waals surface area contributed by atoms with Gasteiger partial charge in [0, 0.05) is 29.1 Å². The van der Waals surface area contributed by atoms with Crippen molar-refractivity contribution in [3.63, 3.8) is 0 Å². The standard InChI is InChI=1S/C14H16N2O2S/c1-9-4-6-12(19-9)10(2)16(3)14(18)11-5-7-13(17)15-8-11/h4-8,10H,1-3H3,(H,15,17). The lowest BCUT2D eigenvalue weighted by molar-refractivity contribution is 0.0744. The van der Waals surface area contributed by atoms with Gasteiger partial charge in [-0.2, -0.15) is 0 Å². The van der Waals surface area contributed by atoms with Crippen molar-refractivity contribution < 1.29 is 4.79 Å². The van der Waals surface area contributed by atoms with Crippen LogP contribution in [0.1, 0.15) is 33.1 Å². The van der Waals surface area contributed by atoms with Crippen LogP contribution >= 0.6 is 11.3 Å². The molecular weight excluding hydrogens is 260 g/mol. The summed E-state index contributed by atoms with van der Waals surface area (Å²) in [6.07, 6.45) is 1.45. The molecule has 2 aromatic rings. The molecule has 0 bridgehead atoms. The zero-order valence-corrected chi connectivity index (χ0v) is 12.0. The number of H-pyrrole nitrogens is 1. The van der Waals surface area contributed by atoms with Crippen LogP contribution in [-0.4, -0.2) is 22.8 Å². The van der Waals surface area contributed by atoms with Crippen LogP contribution in [0.25, 0.3) is 0 Å². The van der Waals surface area contributed by atoms with Gasteiger partial charge in [0.05, 0.1) is 11.6 Å². The van der Waals surface area contributed by atoms with Gasteiger partial charge in [0.1, 0.15) is 0 Å². The molecule has 2 aromatic heterocycles. The minimum absolute atomic E-state index is 0.0122. The Morgan fingerprint density at radius 3 is 2.58 bits per heavy atom. The van der Waals surface area contributed by atoms with Crippen molar-refractivity contribution in [1.82, 2.24) is 9.88 Å². The van der Waals surface area contributed by atoms with E-state index in [9.17, 15) is 9.59 Å². The highest BCUT2D eigenvalue weighted by Crippen LogP contribution is 2.27. The van der Waals surface area contributed by atoms with Gasteiger partial charge in [0.25, 0.3) is 5.91 Å². The van der Waals surface area contributed by atoms with Crippen molar-refractivity contribution >= 4 is 17.2 Å². The molecule has 2 heterocycles. The normalized spacial score (nSPS) is 12.2. The van der Waals surface area contributed by atoms with E-state index >= 15 is 0 Å². The summed E-state index contributed by atoms with van der Waals surface area (Å²) in [5, 5.41) is 0. The van der Waals surface area contributed by atoms with E-state index in [2.05, 4.69) is 11.1 Å². The van der Waals surface area contributed by atoms with Crippen molar-refractivity contribution in [2.75, 3.05) is 7.05 Å². The number of carbonyl (C=O) groups excluding carboxylic acids is 1. The summed E-state index contributed by atoms with van der Waals surface area (Å²) in [7, 11) is 1.77. The van der Waals surface area contributed by atoms with Crippen LogP contribution < -0.4 is 5.56 Å². The third-order valence-electron chi connectivity index (χ3n) is 3.11. The average Bonchev–Trinajstić information content (AvgIpc) is 2.84. The van der Waals surface area contributed by atoms with Crippen molar-refractivity contribution in [2.45, 2.75) is 19.9 Å². The molecule has 4 nitrogen and oxygen atoms in total. The van der Waals surface area contributed by atoms with Gasteiger partial charge in [-0.1, -0.05) is 0 Å². The van der Waals surface area contributed by atoms with Crippen LogP contribution in [0.5, 0.6) is 0 Å². The fourth-order valence-electron chi connectivity index (χ4n) is 1.79. The van der Waals surface area contributed by atoms with Crippen LogP contribution in [-0.2, 0) is 0 Å². The van der Waals surface area contributed by atoms with Gasteiger partial charge in [-0.3, -0.25) is 9.59 Å². The second kappa shape index (κ2) is 5.40. The maximum atomic E-state index is 12.3. The molecular formula is C14H16N2O2S. The van der Waals surface area contributed by atoms with Crippen molar-refractivity contribution in [1.29, 1.82) is 0 Å². The number of thiophene rings is 1. The Kier molecular flexibility index (Phi) is 3.85. The molecule has 2 rings (SSSR count). The van der Waals surface area contributed by atoms with Gasteiger partial charge in [0.2, 0.25) is 5.56 Å². The molecule has 0 saturated carbocycles. The molecule has 1 N–H and O–H groups in total. The highest BCUT2D eigenvalue weighted by atomic mass is 32.1. The molecule has 100 valence electrons. The number of aromatic amines is 1. The molecule has 1 unspecified atom stereocenters. The monoisotopic (exact) mass is 276 g/mol. The molecule has 0 saturated heterocycles. The first-order valence-electron chi connectivity index (χ1n) is 6.01. The zero-order chi connectivity index (χ0) is 14.0. The van der Waals surface area contributed by atoms with E-state index in [1.54, 1.807) is 29.4 Å². The van der Waals surface area contributed by atoms with E-state index in [1.807, 2.05) is 19.9 Å². The predicted octanol–water partition coefficient (Wildman–Crippen LogP) is 2.58. The van der Waals surface area contributed by atoms with Crippen molar-refractivity contribution in [3.8, 4) is 0 Å². The first kappa shape index (κ1) is 13.5. The molecule has 0 aliphatic carbocycles. The number of aryl methyl sites for hydroxylation is 1. The molecule has 0 radical (unpaired) electrons. The lowest BCUT2D eigenvalue weighted by Gasteiger charge is -2.24.